The highest BCUT2D eigenvalue weighted by Gasteiger charge is 2.16. The highest BCUT2D eigenvalue weighted by atomic mass is 19.1. The molecule has 2 aromatic carbocycles. The Morgan fingerprint density at radius 1 is 1.12 bits per heavy atom. The number of phenolic OH excluding ortho intramolecular Hbond substituents is 1. The van der Waals surface area contributed by atoms with E-state index >= 15 is 0 Å². The summed E-state index contributed by atoms with van der Waals surface area (Å²) in [6.07, 6.45) is 1.21. The van der Waals surface area contributed by atoms with Crippen molar-refractivity contribution < 1.29 is 19.0 Å². The van der Waals surface area contributed by atoms with Crippen molar-refractivity contribution in [2.24, 2.45) is 0 Å². The van der Waals surface area contributed by atoms with Gasteiger partial charge < -0.3 is 14.8 Å². The van der Waals surface area contributed by atoms with Crippen molar-refractivity contribution in [3.8, 4) is 17.0 Å². The zero-order chi connectivity index (χ0) is 18.0. The number of aromatic nitrogens is 2. The molecule has 6 heteroatoms. The minimum atomic E-state index is -0.680. The lowest BCUT2D eigenvalue weighted by molar-refractivity contribution is 0.193. The average molecular weight is 344 g/mol. The maximum atomic E-state index is 13.6. The number of aromatic hydroxyl groups is 1. The summed E-state index contributed by atoms with van der Waals surface area (Å²) in [4.78, 5) is 4.30. The maximum Gasteiger partial charge on any atom is 0.126 e. The number of imidazole rings is 1. The van der Waals surface area contributed by atoms with Crippen LogP contribution in [0.2, 0.25) is 0 Å². The van der Waals surface area contributed by atoms with E-state index in [-0.39, 0.29) is 12.2 Å². The second-order valence-electron chi connectivity index (χ2n) is 6.05. The van der Waals surface area contributed by atoms with Gasteiger partial charge in [-0.1, -0.05) is 12.1 Å². The van der Waals surface area contributed by atoms with Crippen LogP contribution in [-0.4, -0.2) is 25.9 Å². The van der Waals surface area contributed by atoms with Crippen molar-refractivity contribution in [2.45, 2.75) is 26.0 Å². The van der Waals surface area contributed by atoms with E-state index in [0.717, 1.165) is 11.6 Å². The summed E-state index contributed by atoms with van der Waals surface area (Å²) >= 11 is 0. The van der Waals surface area contributed by atoms with Crippen LogP contribution in [0, 0.1) is 11.6 Å². The van der Waals surface area contributed by atoms with E-state index in [1.165, 1.54) is 12.1 Å². The number of aliphatic hydroxyl groups excluding tert-OH is 1. The number of halogens is 2. The van der Waals surface area contributed by atoms with Crippen LogP contribution in [-0.2, 0) is 13.0 Å². The van der Waals surface area contributed by atoms with Crippen LogP contribution in [0.1, 0.15) is 18.2 Å². The van der Waals surface area contributed by atoms with Gasteiger partial charge in [0.1, 0.15) is 17.4 Å². The Morgan fingerprint density at radius 3 is 2.48 bits per heavy atom. The van der Waals surface area contributed by atoms with E-state index in [4.69, 9.17) is 0 Å². The van der Waals surface area contributed by atoms with Gasteiger partial charge in [-0.05, 0) is 36.8 Å². The summed E-state index contributed by atoms with van der Waals surface area (Å²) in [6.45, 7) is 2.06. The molecule has 1 unspecified atom stereocenters. The molecule has 1 aromatic heterocycles. The molecule has 0 aliphatic rings. The fraction of sp³-hybridized carbons (Fsp3) is 0.211. The summed E-state index contributed by atoms with van der Waals surface area (Å²) < 4.78 is 28.9. The summed E-state index contributed by atoms with van der Waals surface area (Å²) in [5.41, 5.74) is 2.27. The van der Waals surface area contributed by atoms with Crippen molar-refractivity contribution >= 4 is 0 Å². The van der Waals surface area contributed by atoms with Gasteiger partial charge >= 0.3 is 0 Å². The van der Waals surface area contributed by atoms with Gasteiger partial charge in [0.2, 0.25) is 0 Å². The minimum absolute atomic E-state index is 0.155. The normalized spacial score (nSPS) is 12.3. The predicted octanol–water partition coefficient (Wildman–Crippen LogP) is 3.51. The van der Waals surface area contributed by atoms with Crippen LogP contribution in [0.25, 0.3) is 11.3 Å². The first-order valence-electron chi connectivity index (χ1n) is 7.89. The standard InChI is InChI=1S/C19H18F2N2O2/c1-12(24)5-18-19(14-7-15(20)9-16(21)8-14)22-11-23(18)10-13-3-2-4-17(25)6-13/h2-4,6-9,11-12,24-25H,5,10H2,1H3. The number of rotatable bonds is 5. The molecule has 0 aliphatic carbocycles. The van der Waals surface area contributed by atoms with Crippen LogP contribution in [0.4, 0.5) is 8.78 Å². The van der Waals surface area contributed by atoms with Gasteiger partial charge in [0.25, 0.3) is 0 Å². The van der Waals surface area contributed by atoms with Crippen molar-refractivity contribution in [3.05, 3.63) is 71.7 Å². The van der Waals surface area contributed by atoms with Crippen LogP contribution in [0.15, 0.2) is 48.8 Å². The topological polar surface area (TPSA) is 58.3 Å². The van der Waals surface area contributed by atoms with Gasteiger partial charge in [0, 0.05) is 30.3 Å². The number of aliphatic hydroxyl groups is 1. The molecule has 0 fully saturated rings. The molecule has 2 N–H and O–H groups in total. The van der Waals surface area contributed by atoms with Crippen molar-refractivity contribution in [1.29, 1.82) is 0 Å². The van der Waals surface area contributed by atoms with Gasteiger partial charge in [0.05, 0.1) is 18.1 Å². The molecule has 1 heterocycles. The fourth-order valence-electron chi connectivity index (χ4n) is 2.82. The molecule has 0 saturated heterocycles. The Bertz CT molecular complexity index is 871. The fourth-order valence-corrected chi connectivity index (χ4v) is 2.82. The first-order valence-corrected chi connectivity index (χ1v) is 7.89. The number of phenols is 1. The first kappa shape index (κ1) is 17.1. The van der Waals surface area contributed by atoms with E-state index in [1.54, 1.807) is 36.0 Å². The predicted molar refractivity (Wildman–Crippen MR) is 90.2 cm³/mol. The van der Waals surface area contributed by atoms with E-state index in [1.807, 2.05) is 6.07 Å². The number of benzene rings is 2. The van der Waals surface area contributed by atoms with Gasteiger partial charge in [-0.2, -0.15) is 0 Å². The monoisotopic (exact) mass is 344 g/mol. The Morgan fingerprint density at radius 2 is 1.84 bits per heavy atom. The van der Waals surface area contributed by atoms with E-state index < -0.39 is 17.7 Å². The lowest BCUT2D eigenvalue weighted by Crippen LogP contribution is -2.11. The molecule has 1 atom stereocenters. The van der Waals surface area contributed by atoms with E-state index in [0.29, 0.717) is 23.5 Å². The molecule has 0 saturated carbocycles. The zero-order valence-corrected chi connectivity index (χ0v) is 13.7. The minimum Gasteiger partial charge on any atom is -0.508 e. The molecule has 0 radical (unpaired) electrons. The number of hydrogen-bond acceptors (Lipinski definition) is 3. The van der Waals surface area contributed by atoms with Crippen molar-refractivity contribution in [1.82, 2.24) is 9.55 Å². The van der Waals surface area contributed by atoms with Gasteiger partial charge in [-0.3, -0.25) is 0 Å². The molecular formula is C19H18F2N2O2. The van der Waals surface area contributed by atoms with Crippen LogP contribution in [0.3, 0.4) is 0 Å². The molecule has 4 nitrogen and oxygen atoms in total. The largest absolute Gasteiger partial charge is 0.508 e. The Hall–Kier alpha value is -2.73. The van der Waals surface area contributed by atoms with E-state index in [9.17, 15) is 19.0 Å². The molecule has 3 aromatic rings. The molecule has 3 rings (SSSR count). The van der Waals surface area contributed by atoms with Gasteiger partial charge in [0.15, 0.2) is 0 Å². The molecular weight excluding hydrogens is 326 g/mol. The first-order chi connectivity index (χ1) is 11.9. The third-order valence-electron chi connectivity index (χ3n) is 3.83. The maximum absolute atomic E-state index is 13.6. The second kappa shape index (κ2) is 7.03. The van der Waals surface area contributed by atoms with Gasteiger partial charge in [-0.15, -0.1) is 0 Å². The summed E-state index contributed by atoms with van der Waals surface area (Å²) in [5.74, 6) is -1.21. The smallest absolute Gasteiger partial charge is 0.126 e. The second-order valence-corrected chi connectivity index (χ2v) is 6.05. The lowest BCUT2D eigenvalue weighted by Gasteiger charge is -2.12. The van der Waals surface area contributed by atoms with Crippen LogP contribution in [0.5, 0.6) is 5.75 Å². The van der Waals surface area contributed by atoms with Crippen molar-refractivity contribution in [2.75, 3.05) is 0 Å². The van der Waals surface area contributed by atoms with Crippen LogP contribution < -0.4 is 0 Å². The van der Waals surface area contributed by atoms with Crippen molar-refractivity contribution in [3.63, 3.8) is 0 Å². The van der Waals surface area contributed by atoms with Gasteiger partial charge in [-0.25, -0.2) is 13.8 Å². The molecule has 0 amide bonds. The third-order valence-corrected chi connectivity index (χ3v) is 3.83. The summed E-state index contributed by atoms with van der Waals surface area (Å²) in [5, 5.41) is 19.4. The Kier molecular flexibility index (Phi) is 4.81. The molecule has 25 heavy (non-hydrogen) atoms. The number of nitrogens with zero attached hydrogens (tertiary/aromatic N) is 2. The van der Waals surface area contributed by atoms with Crippen LogP contribution >= 0.6 is 0 Å². The molecule has 0 bridgehead atoms. The highest BCUT2D eigenvalue weighted by Crippen LogP contribution is 2.26. The summed E-state index contributed by atoms with van der Waals surface area (Å²) in [6, 6.07) is 10.0. The Balaban J connectivity index is 2.03. The average Bonchev–Trinajstić information content (AvgIpc) is 2.88. The SMILES string of the molecule is CC(O)Cc1c(-c2cc(F)cc(F)c2)ncn1Cc1cccc(O)c1. The molecule has 0 aliphatic heterocycles. The Labute approximate surface area is 144 Å². The lowest BCUT2D eigenvalue weighted by atomic mass is 10.1. The summed E-state index contributed by atoms with van der Waals surface area (Å²) in [7, 11) is 0. The zero-order valence-electron chi connectivity index (χ0n) is 13.7. The third kappa shape index (κ3) is 4.03. The highest BCUT2D eigenvalue weighted by molar-refractivity contribution is 5.62. The quantitative estimate of drug-likeness (QED) is 0.745. The molecule has 0 spiro atoms. The number of hydrogen-bond donors (Lipinski definition) is 2. The molecule has 130 valence electrons. The van der Waals surface area contributed by atoms with E-state index in [2.05, 4.69) is 4.98 Å².